The van der Waals surface area contributed by atoms with Gasteiger partial charge in [0.25, 0.3) is 0 Å². The monoisotopic (exact) mass is 451 g/mol. The SMILES string of the molecule is CCCC(NC(=O)NCc1ccc(F)cc1)C(=O)NCc1c(C)nn(-c2ccccc2)c1C. The van der Waals surface area contributed by atoms with Gasteiger partial charge < -0.3 is 16.0 Å². The molecule has 3 rings (SSSR count). The number of nitrogens with zero attached hydrogens (tertiary/aromatic N) is 2. The first-order chi connectivity index (χ1) is 15.9. The minimum absolute atomic E-state index is 0.240. The summed E-state index contributed by atoms with van der Waals surface area (Å²) >= 11 is 0. The number of para-hydroxylation sites is 1. The fraction of sp³-hybridized carbons (Fsp3) is 0.320. The lowest BCUT2D eigenvalue weighted by molar-refractivity contribution is -0.123. The van der Waals surface area contributed by atoms with Crippen molar-refractivity contribution in [2.75, 3.05) is 0 Å². The van der Waals surface area contributed by atoms with Crippen molar-refractivity contribution in [2.45, 2.75) is 52.7 Å². The average molecular weight is 452 g/mol. The van der Waals surface area contributed by atoms with Crippen LogP contribution in [-0.2, 0) is 17.9 Å². The predicted octanol–water partition coefficient (Wildman–Crippen LogP) is 3.91. The second-order valence-corrected chi connectivity index (χ2v) is 7.91. The van der Waals surface area contributed by atoms with Crippen molar-refractivity contribution in [2.24, 2.45) is 0 Å². The standard InChI is InChI=1S/C25H30FN5O2/c1-4-8-23(29-25(33)28-15-19-11-13-20(26)14-12-19)24(32)27-16-22-17(2)30-31(18(22)3)21-9-6-5-7-10-21/h5-7,9-14,23H,4,8,15-16H2,1-3H3,(H,27,32)(H2,28,29,33). The molecule has 1 atom stereocenters. The van der Waals surface area contributed by atoms with Crippen LogP contribution < -0.4 is 16.0 Å². The van der Waals surface area contributed by atoms with E-state index in [0.29, 0.717) is 13.0 Å². The molecule has 0 bridgehead atoms. The number of carbonyl (C=O) groups excluding carboxylic acids is 2. The molecule has 0 saturated heterocycles. The van der Waals surface area contributed by atoms with Crippen molar-refractivity contribution >= 4 is 11.9 Å². The Kier molecular flexibility index (Phi) is 8.18. The van der Waals surface area contributed by atoms with Gasteiger partial charge in [0.05, 0.1) is 11.4 Å². The summed E-state index contributed by atoms with van der Waals surface area (Å²) in [5.74, 6) is -0.581. The molecule has 1 heterocycles. The first-order valence-electron chi connectivity index (χ1n) is 11.1. The molecule has 0 spiro atoms. The minimum Gasteiger partial charge on any atom is -0.350 e. The van der Waals surface area contributed by atoms with Gasteiger partial charge in [0.1, 0.15) is 11.9 Å². The molecule has 2 aromatic carbocycles. The number of halogens is 1. The number of hydrogen-bond donors (Lipinski definition) is 3. The summed E-state index contributed by atoms with van der Waals surface area (Å²) in [5, 5.41) is 13.0. The fourth-order valence-corrected chi connectivity index (χ4v) is 3.60. The van der Waals surface area contributed by atoms with E-state index in [9.17, 15) is 14.0 Å². The molecule has 0 aliphatic rings. The number of carbonyl (C=O) groups is 2. The van der Waals surface area contributed by atoms with Gasteiger partial charge in [0.2, 0.25) is 5.91 Å². The summed E-state index contributed by atoms with van der Waals surface area (Å²) in [7, 11) is 0. The molecule has 33 heavy (non-hydrogen) atoms. The van der Waals surface area contributed by atoms with Crippen LogP contribution in [0.15, 0.2) is 54.6 Å². The molecule has 8 heteroatoms. The van der Waals surface area contributed by atoms with Crippen molar-refractivity contribution in [3.8, 4) is 5.69 Å². The van der Waals surface area contributed by atoms with E-state index in [1.54, 1.807) is 12.1 Å². The third-order valence-electron chi connectivity index (χ3n) is 5.45. The van der Waals surface area contributed by atoms with Crippen LogP contribution in [0.2, 0.25) is 0 Å². The molecule has 0 aliphatic heterocycles. The van der Waals surface area contributed by atoms with Gasteiger partial charge in [-0.15, -0.1) is 0 Å². The number of urea groups is 1. The lowest BCUT2D eigenvalue weighted by Gasteiger charge is -2.18. The summed E-state index contributed by atoms with van der Waals surface area (Å²) in [6, 6.07) is 14.6. The Labute approximate surface area is 193 Å². The predicted molar refractivity (Wildman–Crippen MR) is 125 cm³/mol. The van der Waals surface area contributed by atoms with Crippen molar-refractivity contribution in [3.05, 3.63) is 82.9 Å². The van der Waals surface area contributed by atoms with Crippen LogP contribution in [0, 0.1) is 19.7 Å². The van der Waals surface area contributed by atoms with Crippen LogP contribution in [0.3, 0.4) is 0 Å². The molecule has 0 fully saturated rings. The molecule has 0 radical (unpaired) electrons. The van der Waals surface area contributed by atoms with Gasteiger partial charge in [-0.1, -0.05) is 43.7 Å². The van der Waals surface area contributed by atoms with E-state index < -0.39 is 12.1 Å². The lowest BCUT2D eigenvalue weighted by Crippen LogP contribution is -2.49. The summed E-state index contributed by atoms with van der Waals surface area (Å²) in [5.41, 5.74) is 4.47. The van der Waals surface area contributed by atoms with E-state index in [1.165, 1.54) is 12.1 Å². The number of amides is 3. The van der Waals surface area contributed by atoms with E-state index >= 15 is 0 Å². The van der Waals surface area contributed by atoms with Gasteiger partial charge in [0, 0.05) is 24.3 Å². The average Bonchev–Trinajstić information content (AvgIpc) is 3.10. The second kappa shape index (κ2) is 11.3. The highest BCUT2D eigenvalue weighted by molar-refractivity contribution is 5.87. The first-order valence-corrected chi connectivity index (χ1v) is 11.1. The minimum atomic E-state index is -0.659. The number of aromatic nitrogens is 2. The van der Waals surface area contributed by atoms with Crippen molar-refractivity contribution in [1.29, 1.82) is 0 Å². The summed E-state index contributed by atoms with van der Waals surface area (Å²) in [4.78, 5) is 25.2. The maximum Gasteiger partial charge on any atom is 0.315 e. The highest BCUT2D eigenvalue weighted by Gasteiger charge is 2.21. The van der Waals surface area contributed by atoms with E-state index in [1.807, 2.05) is 55.8 Å². The van der Waals surface area contributed by atoms with Crippen molar-refractivity contribution in [3.63, 3.8) is 0 Å². The van der Waals surface area contributed by atoms with Crippen molar-refractivity contribution < 1.29 is 14.0 Å². The largest absolute Gasteiger partial charge is 0.350 e. The highest BCUT2D eigenvalue weighted by atomic mass is 19.1. The maximum atomic E-state index is 13.0. The van der Waals surface area contributed by atoms with Crippen LogP contribution in [-0.4, -0.2) is 27.8 Å². The Morgan fingerprint density at radius 2 is 1.70 bits per heavy atom. The van der Waals surface area contributed by atoms with Crippen LogP contribution >= 0.6 is 0 Å². The normalized spacial score (nSPS) is 11.6. The topological polar surface area (TPSA) is 88.1 Å². The van der Waals surface area contributed by atoms with E-state index in [-0.39, 0.29) is 18.3 Å². The highest BCUT2D eigenvalue weighted by Crippen LogP contribution is 2.17. The van der Waals surface area contributed by atoms with Gasteiger partial charge in [-0.3, -0.25) is 4.79 Å². The van der Waals surface area contributed by atoms with Crippen molar-refractivity contribution in [1.82, 2.24) is 25.7 Å². The van der Waals surface area contributed by atoms with Crippen LogP contribution in [0.5, 0.6) is 0 Å². The number of nitrogens with one attached hydrogen (secondary N) is 3. The smallest absolute Gasteiger partial charge is 0.315 e. The Morgan fingerprint density at radius 3 is 2.36 bits per heavy atom. The third-order valence-corrected chi connectivity index (χ3v) is 5.45. The molecule has 1 aromatic heterocycles. The summed E-state index contributed by atoms with van der Waals surface area (Å²) in [6.07, 6.45) is 1.25. The lowest BCUT2D eigenvalue weighted by atomic mass is 10.1. The molecule has 0 aliphatic carbocycles. The van der Waals surface area contributed by atoms with E-state index in [2.05, 4.69) is 21.0 Å². The van der Waals surface area contributed by atoms with Gasteiger partial charge in [-0.25, -0.2) is 13.9 Å². The summed E-state index contributed by atoms with van der Waals surface area (Å²) in [6.45, 7) is 6.40. The zero-order valence-electron chi connectivity index (χ0n) is 19.2. The zero-order valence-corrected chi connectivity index (χ0v) is 19.2. The van der Waals surface area contributed by atoms with Gasteiger partial charge in [-0.05, 0) is 50.1 Å². The second-order valence-electron chi connectivity index (χ2n) is 7.91. The molecular formula is C25H30FN5O2. The van der Waals surface area contributed by atoms with Crippen LogP contribution in [0.4, 0.5) is 9.18 Å². The Hall–Kier alpha value is -3.68. The van der Waals surface area contributed by atoms with Gasteiger partial charge in [-0.2, -0.15) is 5.10 Å². The van der Waals surface area contributed by atoms with Gasteiger partial charge in [0.15, 0.2) is 0 Å². The van der Waals surface area contributed by atoms with Crippen LogP contribution in [0.25, 0.3) is 5.69 Å². The molecule has 3 N–H and O–H groups in total. The summed E-state index contributed by atoms with van der Waals surface area (Å²) < 4.78 is 14.9. The number of benzene rings is 2. The molecule has 0 saturated carbocycles. The first kappa shape index (κ1) is 24.0. The number of rotatable bonds is 9. The van der Waals surface area contributed by atoms with Gasteiger partial charge >= 0.3 is 6.03 Å². The molecule has 7 nitrogen and oxygen atoms in total. The Balaban J connectivity index is 1.58. The van der Waals surface area contributed by atoms with E-state index in [4.69, 9.17) is 0 Å². The number of aryl methyl sites for hydroxylation is 1. The molecular weight excluding hydrogens is 421 g/mol. The van der Waals surface area contributed by atoms with E-state index in [0.717, 1.165) is 34.6 Å². The quantitative estimate of drug-likeness (QED) is 0.461. The molecule has 174 valence electrons. The number of hydrogen-bond acceptors (Lipinski definition) is 3. The fourth-order valence-electron chi connectivity index (χ4n) is 3.60. The molecule has 3 aromatic rings. The van der Waals surface area contributed by atoms with Crippen LogP contribution in [0.1, 0.15) is 42.3 Å². The maximum absolute atomic E-state index is 13.0. The Morgan fingerprint density at radius 1 is 1.00 bits per heavy atom. The molecule has 3 amide bonds. The Bertz CT molecular complexity index is 1080. The molecule has 1 unspecified atom stereocenters. The zero-order chi connectivity index (χ0) is 23.8. The third kappa shape index (κ3) is 6.41.